The van der Waals surface area contributed by atoms with Gasteiger partial charge in [0.2, 0.25) is 5.91 Å². The molecule has 0 spiro atoms. The highest BCUT2D eigenvalue weighted by molar-refractivity contribution is 6.03. The van der Waals surface area contributed by atoms with E-state index < -0.39 is 12.1 Å². The molecule has 5 rings (SSSR count). The fraction of sp³-hybridized carbons (Fsp3) is 0.424. The van der Waals surface area contributed by atoms with Crippen molar-refractivity contribution >= 4 is 40.0 Å². The van der Waals surface area contributed by atoms with E-state index in [0.717, 1.165) is 10.8 Å². The average molecular weight is 589 g/mol. The molecule has 2 aliphatic rings. The number of para-hydroxylation sites is 1. The van der Waals surface area contributed by atoms with E-state index in [1.165, 1.54) is 0 Å². The highest BCUT2D eigenvalue weighted by Gasteiger charge is 2.35. The number of carbonyl (C=O) groups excluding carboxylic acids is 3. The molecule has 3 aromatic carbocycles. The van der Waals surface area contributed by atoms with Gasteiger partial charge in [-0.3, -0.25) is 9.59 Å². The normalized spacial score (nSPS) is 19.9. The Hall–Kier alpha value is -4.15. The van der Waals surface area contributed by atoms with Crippen LogP contribution >= 0.6 is 0 Å². The molecule has 3 N–H and O–H groups in total. The predicted octanol–water partition coefficient (Wildman–Crippen LogP) is 4.59. The lowest BCUT2D eigenvalue weighted by molar-refractivity contribution is -0.122. The number of ether oxygens (including phenoxy) is 2. The molecule has 1 saturated heterocycles. The molecule has 0 aromatic heterocycles. The Morgan fingerprint density at radius 3 is 2.49 bits per heavy atom. The van der Waals surface area contributed by atoms with Crippen molar-refractivity contribution in [3.8, 4) is 5.75 Å². The first-order chi connectivity index (χ1) is 20.8. The molecule has 3 aromatic rings. The number of aliphatic hydroxyl groups excluding tert-OH is 1. The van der Waals surface area contributed by atoms with Crippen molar-refractivity contribution in [3.05, 3.63) is 66.2 Å². The van der Waals surface area contributed by atoms with Crippen LogP contribution in [0, 0.1) is 11.8 Å². The first-order valence-corrected chi connectivity index (χ1v) is 14.9. The van der Waals surface area contributed by atoms with Crippen molar-refractivity contribution in [1.82, 2.24) is 9.80 Å². The highest BCUT2D eigenvalue weighted by Crippen LogP contribution is 2.35. The molecule has 0 aliphatic carbocycles. The lowest BCUT2D eigenvalue weighted by atomic mass is 9.98. The zero-order valence-corrected chi connectivity index (χ0v) is 24.9. The van der Waals surface area contributed by atoms with Gasteiger partial charge in [-0.2, -0.15) is 0 Å². The molecular weight excluding hydrogens is 548 g/mol. The number of rotatable bonds is 7. The third-order valence-corrected chi connectivity index (χ3v) is 8.37. The maximum atomic E-state index is 13.8. The van der Waals surface area contributed by atoms with Gasteiger partial charge in [-0.15, -0.1) is 0 Å². The zero-order valence-electron chi connectivity index (χ0n) is 24.9. The molecule has 228 valence electrons. The smallest absolute Gasteiger partial charge is 0.321 e. The zero-order chi connectivity index (χ0) is 30.5. The van der Waals surface area contributed by atoms with Crippen LogP contribution in [0.4, 0.5) is 16.2 Å². The summed E-state index contributed by atoms with van der Waals surface area (Å²) in [6.45, 7) is 5.15. The Balaban J connectivity index is 1.42. The largest absolute Gasteiger partial charge is 0.485 e. The van der Waals surface area contributed by atoms with Crippen LogP contribution in [0.3, 0.4) is 0 Å². The molecule has 0 radical (unpaired) electrons. The van der Waals surface area contributed by atoms with Gasteiger partial charge in [0, 0.05) is 44.0 Å². The highest BCUT2D eigenvalue weighted by atomic mass is 16.5. The fourth-order valence-corrected chi connectivity index (χ4v) is 5.65. The first kappa shape index (κ1) is 30.3. The standard InChI is InChI=1S/C33H40N4O6/c1-21-18-37(22(2)20-38)32(40)26-11-7-13-28(34-31(39)24-14-16-42-17-15-24)30(26)43-29(21)19-36(3)33(41)35-27-12-6-9-23-8-4-5-10-25(23)27/h4-13,21-22,24,29,38H,14-20H2,1-3H3,(H,34,39)(H,35,41)/t21-,22-,29+/m0/s1. The van der Waals surface area contributed by atoms with Gasteiger partial charge < -0.3 is 35.0 Å². The molecule has 2 aliphatic heterocycles. The first-order valence-electron chi connectivity index (χ1n) is 14.9. The van der Waals surface area contributed by atoms with E-state index in [1.54, 1.807) is 42.0 Å². The summed E-state index contributed by atoms with van der Waals surface area (Å²) in [7, 11) is 1.70. The van der Waals surface area contributed by atoms with E-state index in [1.807, 2.05) is 49.4 Å². The Morgan fingerprint density at radius 1 is 1.02 bits per heavy atom. The van der Waals surface area contributed by atoms with Crippen LogP contribution in [-0.4, -0.2) is 84.9 Å². The molecule has 3 atom stereocenters. The Bertz CT molecular complexity index is 1470. The second-order valence-corrected chi connectivity index (χ2v) is 11.5. The van der Waals surface area contributed by atoms with Crippen LogP contribution in [0.25, 0.3) is 10.8 Å². The summed E-state index contributed by atoms with van der Waals surface area (Å²) in [5.41, 5.74) is 1.41. The average Bonchev–Trinajstić information content (AvgIpc) is 3.03. The number of hydrogen-bond acceptors (Lipinski definition) is 6. The molecule has 1 fully saturated rings. The minimum Gasteiger partial charge on any atom is -0.485 e. The van der Waals surface area contributed by atoms with Crippen LogP contribution in [0.5, 0.6) is 5.75 Å². The Morgan fingerprint density at radius 2 is 1.72 bits per heavy atom. The van der Waals surface area contributed by atoms with E-state index in [9.17, 15) is 19.5 Å². The van der Waals surface area contributed by atoms with E-state index >= 15 is 0 Å². The fourth-order valence-electron chi connectivity index (χ4n) is 5.65. The predicted molar refractivity (Wildman–Crippen MR) is 165 cm³/mol. The summed E-state index contributed by atoms with van der Waals surface area (Å²) in [5, 5.41) is 17.9. The van der Waals surface area contributed by atoms with Crippen molar-refractivity contribution in [2.75, 3.05) is 50.6 Å². The molecular formula is C33H40N4O6. The summed E-state index contributed by atoms with van der Waals surface area (Å²) in [6, 6.07) is 18.0. The third-order valence-electron chi connectivity index (χ3n) is 8.37. The molecule has 4 amide bonds. The number of urea groups is 1. The van der Waals surface area contributed by atoms with Crippen LogP contribution in [0.2, 0.25) is 0 Å². The molecule has 0 unspecified atom stereocenters. The topological polar surface area (TPSA) is 120 Å². The third kappa shape index (κ3) is 6.76. The minimum atomic E-state index is -0.523. The lowest BCUT2D eigenvalue weighted by Gasteiger charge is -2.38. The number of nitrogens with one attached hydrogen (secondary N) is 2. The van der Waals surface area contributed by atoms with Crippen LogP contribution in [-0.2, 0) is 9.53 Å². The molecule has 43 heavy (non-hydrogen) atoms. The lowest BCUT2D eigenvalue weighted by Crippen LogP contribution is -2.50. The summed E-state index contributed by atoms with van der Waals surface area (Å²) in [5.74, 6) is -0.573. The van der Waals surface area contributed by atoms with Gasteiger partial charge in [-0.1, -0.05) is 49.4 Å². The van der Waals surface area contributed by atoms with E-state index in [4.69, 9.17) is 9.47 Å². The molecule has 2 heterocycles. The van der Waals surface area contributed by atoms with Crippen LogP contribution in [0.1, 0.15) is 37.0 Å². The van der Waals surface area contributed by atoms with Gasteiger partial charge in [0.1, 0.15) is 6.10 Å². The second kappa shape index (κ2) is 13.4. The summed E-state index contributed by atoms with van der Waals surface area (Å²) in [6.07, 6.45) is 0.724. The number of hydrogen-bond donors (Lipinski definition) is 3. The number of carbonyl (C=O) groups is 3. The maximum absolute atomic E-state index is 13.8. The second-order valence-electron chi connectivity index (χ2n) is 11.5. The Kier molecular flexibility index (Phi) is 9.47. The number of likely N-dealkylation sites (N-methyl/N-ethyl adjacent to an activating group) is 1. The van der Waals surface area contributed by atoms with Crippen molar-refractivity contribution < 1.29 is 29.0 Å². The number of nitrogens with zero attached hydrogens (tertiary/aromatic N) is 2. The van der Waals surface area contributed by atoms with Gasteiger partial charge in [0.05, 0.1) is 36.1 Å². The number of amides is 4. The number of benzene rings is 3. The molecule has 10 nitrogen and oxygen atoms in total. The van der Waals surface area contributed by atoms with Gasteiger partial charge >= 0.3 is 6.03 Å². The Labute approximate surface area is 251 Å². The minimum absolute atomic E-state index is 0.147. The summed E-state index contributed by atoms with van der Waals surface area (Å²) in [4.78, 5) is 43.5. The van der Waals surface area contributed by atoms with Crippen LogP contribution in [0.15, 0.2) is 60.7 Å². The van der Waals surface area contributed by atoms with Crippen molar-refractivity contribution in [3.63, 3.8) is 0 Å². The number of fused-ring (bicyclic) bond motifs is 2. The van der Waals surface area contributed by atoms with E-state index in [2.05, 4.69) is 10.6 Å². The van der Waals surface area contributed by atoms with Gasteiger partial charge in [0.15, 0.2) is 5.75 Å². The van der Waals surface area contributed by atoms with E-state index in [0.29, 0.717) is 49.5 Å². The quantitative estimate of drug-likeness (QED) is 0.372. The van der Waals surface area contributed by atoms with E-state index in [-0.39, 0.29) is 48.6 Å². The summed E-state index contributed by atoms with van der Waals surface area (Å²) >= 11 is 0. The monoisotopic (exact) mass is 588 g/mol. The number of aliphatic hydroxyl groups is 1. The van der Waals surface area contributed by atoms with Crippen molar-refractivity contribution in [2.24, 2.45) is 11.8 Å². The van der Waals surface area contributed by atoms with Gasteiger partial charge in [0.25, 0.3) is 5.91 Å². The number of anilines is 2. The molecule has 0 saturated carbocycles. The molecule has 10 heteroatoms. The summed E-state index contributed by atoms with van der Waals surface area (Å²) < 4.78 is 12.0. The van der Waals surface area contributed by atoms with Crippen molar-refractivity contribution in [2.45, 2.75) is 38.8 Å². The van der Waals surface area contributed by atoms with Gasteiger partial charge in [-0.25, -0.2) is 4.79 Å². The molecule has 0 bridgehead atoms. The SMILES string of the molecule is C[C@H]1CN([C@@H](C)CO)C(=O)c2cccc(NC(=O)C3CCOCC3)c2O[C@@H]1CN(C)C(=O)Nc1cccc2ccccc12. The van der Waals surface area contributed by atoms with Crippen LogP contribution < -0.4 is 15.4 Å². The van der Waals surface area contributed by atoms with Crippen molar-refractivity contribution in [1.29, 1.82) is 0 Å². The van der Waals surface area contributed by atoms with Gasteiger partial charge in [-0.05, 0) is 43.4 Å². The maximum Gasteiger partial charge on any atom is 0.321 e.